The zero-order valence-corrected chi connectivity index (χ0v) is 12.2. The van der Waals surface area contributed by atoms with Crippen LogP contribution in [-0.2, 0) is 0 Å². The molecule has 17 heavy (non-hydrogen) atoms. The summed E-state index contributed by atoms with van der Waals surface area (Å²) < 4.78 is 0. The number of halogens is 2. The van der Waals surface area contributed by atoms with Gasteiger partial charge >= 0.3 is 0 Å². The minimum Gasteiger partial charge on any atom is -0.372 e. The number of hydrogen-bond donors (Lipinski definition) is 2. The molecule has 0 saturated heterocycles. The van der Waals surface area contributed by atoms with Crippen LogP contribution in [0.15, 0.2) is 6.07 Å². The van der Waals surface area contributed by atoms with E-state index in [1.54, 1.807) is 13.1 Å². The highest BCUT2D eigenvalue weighted by Crippen LogP contribution is 2.30. The van der Waals surface area contributed by atoms with Crippen molar-refractivity contribution in [3.8, 4) is 0 Å². The maximum atomic E-state index is 6.13. The lowest BCUT2D eigenvalue weighted by Crippen LogP contribution is -2.25. The Morgan fingerprint density at radius 3 is 2.29 bits per heavy atom. The predicted molar refractivity (Wildman–Crippen MR) is 76.3 cm³/mol. The molecule has 0 bridgehead atoms. The molecule has 96 valence electrons. The van der Waals surface area contributed by atoms with E-state index in [2.05, 4.69) is 36.4 Å². The van der Waals surface area contributed by atoms with Gasteiger partial charge in [-0.1, -0.05) is 44.0 Å². The summed E-state index contributed by atoms with van der Waals surface area (Å²) in [5.74, 6) is 1.84. The lowest BCUT2D eigenvalue weighted by atomic mass is 10.0. The SMILES string of the molecule is CCC(Nc1nc(NC)c(Cl)cc1Cl)C(C)C. The molecule has 0 saturated carbocycles. The van der Waals surface area contributed by atoms with Gasteiger partial charge in [-0.05, 0) is 18.4 Å². The van der Waals surface area contributed by atoms with E-state index in [9.17, 15) is 0 Å². The Morgan fingerprint density at radius 1 is 1.24 bits per heavy atom. The quantitative estimate of drug-likeness (QED) is 0.843. The summed E-state index contributed by atoms with van der Waals surface area (Å²) in [6, 6.07) is 2.06. The van der Waals surface area contributed by atoms with Crippen molar-refractivity contribution >= 4 is 34.8 Å². The van der Waals surface area contributed by atoms with Crippen LogP contribution in [0, 0.1) is 5.92 Å². The Bertz CT molecular complexity index is 380. The average Bonchev–Trinajstić information content (AvgIpc) is 2.27. The van der Waals surface area contributed by atoms with Gasteiger partial charge in [0.05, 0.1) is 10.0 Å². The van der Waals surface area contributed by atoms with Crippen molar-refractivity contribution in [2.75, 3.05) is 17.7 Å². The zero-order chi connectivity index (χ0) is 13.0. The van der Waals surface area contributed by atoms with Gasteiger partial charge in [0.2, 0.25) is 0 Å². The molecule has 1 unspecified atom stereocenters. The van der Waals surface area contributed by atoms with Crippen molar-refractivity contribution in [1.29, 1.82) is 0 Å². The molecule has 0 aliphatic rings. The highest BCUT2D eigenvalue weighted by molar-refractivity contribution is 6.37. The largest absolute Gasteiger partial charge is 0.372 e. The maximum absolute atomic E-state index is 6.13. The molecule has 2 N–H and O–H groups in total. The van der Waals surface area contributed by atoms with E-state index in [0.29, 0.717) is 33.6 Å². The molecule has 0 aliphatic carbocycles. The van der Waals surface area contributed by atoms with Crippen LogP contribution >= 0.6 is 23.2 Å². The summed E-state index contributed by atoms with van der Waals surface area (Å²) in [6.45, 7) is 6.48. The van der Waals surface area contributed by atoms with Crippen molar-refractivity contribution in [3.63, 3.8) is 0 Å². The van der Waals surface area contributed by atoms with Crippen molar-refractivity contribution < 1.29 is 0 Å². The fourth-order valence-corrected chi connectivity index (χ4v) is 2.17. The van der Waals surface area contributed by atoms with Gasteiger partial charge in [-0.2, -0.15) is 0 Å². The Kier molecular flexibility index (Phi) is 5.34. The summed E-state index contributed by atoms with van der Waals surface area (Å²) in [5.41, 5.74) is 0. The van der Waals surface area contributed by atoms with Crippen LogP contribution in [0.3, 0.4) is 0 Å². The topological polar surface area (TPSA) is 37.0 Å². The first-order valence-corrected chi connectivity index (χ1v) is 6.55. The highest BCUT2D eigenvalue weighted by Gasteiger charge is 2.15. The summed E-state index contributed by atoms with van der Waals surface area (Å²) in [6.07, 6.45) is 1.02. The minimum atomic E-state index is 0.353. The van der Waals surface area contributed by atoms with Crippen LogP contribution in [0.4, 0.5) is 11.6 Å². The van der Waals surface area contributed by atoms with E-state index in [1.807, 2.05) is 0 Å². The fraction of sp³-hybridized carbons (Fsp3) is 0.583. The van der Waals surface area contributed by atoms with Crippen LogP contribution in [0.1, 0.15) is 27.2 Å². The second-order valence-corrected chi connectivity index (χ2v) is 5.12. The summed E-state index contributed by atoms with van der Waals surface area (Å²) in [7, 11) is 1.78. The second kappa shape index (κ2) is 6.31. The van der Waals surface area contributed by atoms with Gasteiger partial charge in [-0.25, -0.2) is 4.98 Å². The first-order chi connectivity index (χ1) is 7.99. The number of aromatic nitrogens is 1. The third-order valence-electron chi connectivity index (χ3n) is 2.73. The molecule has 1 aromatic heterocycles. The molecule has 0 fully saturated rings. The standard InChI is InChI=1S/C12H19Cl2N3/c1-5-10(7(2)3)16-12-9(14)6-8(13)11(15-4)17-12/h6-7,10H,5H2,1-4H3,(H2,15,16,17). The molecular formula is C12H19Cl2N3. The van der Waals surface area contributed by atoms with Crippen LogP contribution in [0.25, 0.3) is 0 Å². The Morgan fingerprint density at radius 2 is 1.82 bits per heavy atom. The van der Waals surface area contributed by atoms with E-state index < -0.39 is 0 Å². The van der Waals surface area contributed by atoms with Gasteiger partial charge in [-0.3, -0.25) is 0 Å². The molecule has 0 aromatic carbocycles. The number of nitrogens with one attached hydrogen (secondary N) is 2. The van der Waals surface area contributed by atoms with Gasteiger partial charge in [0.15, 0.2) is 0 Å². The first kappa shape index (κ1) is 14.4. The molecule has 0 amide bonds. The van der Waals surface area contributed by atoms with Gasteiger partial charge in [0.25, 0.3) is 0 Å². The Labute approximate surface area is 113 Å². The van der Waals surface area contributed by atoms with E-state index >= 15 is 0 Å². The number of anilines is 2. The Hall–Kier alpha value is -0.670. The zero-order valence-electron chi connectivity index (χ0n) is 10.6. The smallest absolute Gasteiger partial charge is 0.147 e. The number of hydrogen-bond acceptors (Lipinski definition) is 3. The predicted octanol–water partition coefficient (Wildman–Crippen LogP) is 4.28. The molecule has 0 aliphatic heterocycles. The van der Waals surface area contributed by atoms with Crippen LogP contribution in [-0.4, -0.2) is 18.1 Å². The fourth-order valence-electron chi connectivity index (χ4n) is 1.66. The number of nitrogens with zero attached hydrogens (tertiary/aromatic N) is 1. The van der Waals surface area contributed by atoms with Crippen molar-refractivity contribution in [2.45, 2.75) is 33.2 Å². The van der Waals surface area contributed by atoms with Crippen LogP contribution in [0.5, 0.6) is 0 Å². The monoisotopic (exact) mass is 275 g/mol. The lowest BCUT2D eigenvalue weighted by molar-refractivity contribution is 0.510. The minimum absolute atomic E-state index is 0.353. The molecule has 1 heterocycles. The molecule has 1 rings (SSSR count). The summed E-state index contributed by atoms with van der Waals surface area (Å²) in [4.78, 5) is 4.37. The molecule has 0 radical (unpaired) electrons. The second-order valence-electron chi connectivity index (χ2n) is 4.30. The van der Waals surface area contributed by atoms with Gasteiger partial charge in [-0.15, -0.1) is 0 Å². The van der Waals surface area contributed by atoms with Crippen molar-refractivity contribution in [1.82, 2.24) is 4.98 Å². The maximum Gasteiger partial charge on any atom is 0.147 e. The summed E-state index contributed by atoms with van der Waals surface area (Å²) >= 11 is 12.1. The molecular weight excluding hydrogens is 257 g/mol. The van der Waals surface area contributed by atoms with E-state index in [0.717, 1.165) is 6.42 Å². The molecule has 1 atom stereocenters. The molecule has 0 spiro atoms. The average molecular weight is 276 g/mol. The molecule has 5 heteroatoms. The van der Waals surface area contributed by atoms with Crippen molar-refractivity contribution in [2.24, 2.45) is 5.92 Å². The van der Waals surface area contributed by atoms with Crippen LogP contribution in [0.2, 0.25) is 10.0 Å². The Balaban J connectivity index is 2.97. The van der Waals surface area contributed by atoms with Crippen LogP contribution < -0.4 is 10.6 Å². The normalized spacial score (nSPS) is 12.6. The molecule has 3 nitrogen and oxygen atoms in total. The van der Waals surface area contributed by atoms with E-state index in [4.69, 9.17) is 23.2 Å². The molecule has 1 aromatic rings. The third-order valence-corrected chi connectivity index (χ3v) is 3.31. The first-order valence-electron chi connectivity index (χ1n) is 5.79. The summed E-state index contributed by atoms with van der Waals surface area (Å²) in [5, 5.41) is 7.38. The van der Waals surface area contributed by atoms with E-state index in [-0.39, 0.29) is 0 Å². The lowest BCUT2D eigenvalue weighted by Gasteiger charge is -2.22. The number of rotatable bonds is 5. The van der Waals surface area contributed by atoms with E-state index in [1.165, 1.54) is 0 Å². The number of pyridine rings is 1. The van der Waals surface area contributed by atoms with Gasteiger partial charge in [0.1, 0.15) is 11.6 Å². The highest BCUT2D eigenvalue weighted by atomic mass is 35.5. The third kappa shape index (κ3) is 3.65. The van der Waals surface area contributed by atoms with Gasteiger partial charge < -0.3 is 10.6 Å². The van der Waals surface area contributed by atoms with Gasteiger partial charge in [0, 0.05) is 13.1 Å². The van der Waals surface area contributed by atoms with Crippen molar-refractivity contribution in [3.05, 3.63) is 16.1 Å².